The lowest BCUT2D eigenvalue weighted by atomic mass is 10.1. The van der Waals surface area contributed by atoms with E-state index in [0.29, 0.717) is 17.8 Å². The Morgan fingerprint density at radius 3 is 2.76 bits per heavy atom. The first kappa shape index (κ1) is 19.9. The van der Waals surface area contributed by atoms with Gasteiger partial charge in [0, 0.05) is 25.1 Å². The molecule has 1 atom stereocenters. The van der Waals surface area contributed by atoms with Gasteiger partial charge >= 0.3 is 0 Å². The molecule has 0 bridgehead atoms. The zero-order valence-electron chi connectivity index (χ0n) is 16.9. The number of anilines is 1. The Labute approximate surface area is 171 Å². The molecule has 0 radical (unpaired) electrons. The lowest BCUT2D eigenvalue weighted by Gasteiger charge is -2.25. The molecule has 156 valence electrons. The molecule has 8 nitrogen and oxygen atoms in total. The fourth-order valence-corrected chi connectivity index (χ4v) is 4.88. The van der Waals surface area contributed by atoms with E-state index in [9.17, 15) is 13.2 Å². The third-order valence-electron chi connectivity index (χ3n) is 5.73. The quantitative estimate of drug-likeness (QED) is 0.825. The topological polar surface area (TPSA) is 97.2 Å². The van der Waals surface area contributed by atoms with E-state index in [4.69, 9.17) is 0 Å². The molecule has 3 heterocycles. The fraction of sp³-hybridized carbons (Fsp3) is 0.550. The number of carbonyl (C=O) groups excluding carboxylic acids is 1. The molecule has 1 aromatic carbocycles. The minimum atomic E-state index is -3.42. The highest BCUT2D eigenvalue weighted by atomic mass is 32.2. The Hall–Kier alpha value is -2.42. The number of carbonyl (C=O) groups is 1. The molecule has 1 saturated heterocycles. The Morgan fingerprint density at radius 1 is 1.14 bits per heavy atom. The predicted molar refractivity (Wildman–Crippen MR) is 110 cm³/mol. The first-order chi connectivity index (χ1) is 13.8. The second-order valence-electron chi connectivity index (χ2n) is 8.00. The Balaban J connectivity index is 1.62. The average molecular weight is 418 g/mol. The summed E-state index contributed by atoms with van der Waals surface area (Å²) in [6, 6.07) is 5.06. The van der Waals surface area contributed by atoms with Crippen LogP contribution in [0.1, 0.15) is 65.7 Å². The predicted octanol–water partition coefficient (Wildman–Crippen LogP) is 2.66. The highest BCUT2D eigenvalue weighted by Crippen LogP contribution is 2.34. The number of aryl methyl sites for hydroxylation is 2. The van der Waals surface area contributed by atoms with Crippen molar-refractivity contribution >= 4 is 21.6 Å². The van der Waals surface area contributed by atoms with Gasteiger partial charge in [0.05, 0.1) is 18.0 Å². The number of nitrogens with zero attached hydrogens (tertiary/aromatic N) is 4. The van der Waals surface area contributed by atoms with Crippen LogP contribution in [0.5, 0.6) is 0 Å². The van der Waals surface area contributed by atoms with Gasteiger partial charge in [0.25, 0.3) is 5.91 Å². The van der Waals surface area contributed by atoms with Crippen LogP contribution in [0.3, 0.4) is 0 Å². The molecule has 29 heavy (non-hydrogen) atoms. The SMILES string of the molecule is Cc1ccc(C(=O)N2CCCC2c2nnc3n2CCCCC3)cc1NS(C)(=O)=O. The highest BCUT2D eigenvalue weighted by Gasteiger charge is 2.35. The average Bonchev–Trinajstić information content (AvgIpc) is 3.22. The second kappa shape index (κ2) is 7.78. The van der Waals surface area contributed by atoms with Gasteiger partial charge in [-0.1, -0.05) is 12.5 Å². The number of nitrogens with one attached hydrogen (secondary N) is 1. The molecule has 9 heteroatoms. The maximum absolute atomic E-state index is 13.3. The molecule has 2 aliphatic rings. The van der Waals surface area contributed by atoms with Crippen LogP contribution in [0.25, 0.3) is 0 Å². The first-order valence-electron chi connectivity index (χ1n) is 10.1. The van der Waals surface area contributed by atoms with Gasteiger partial charge in [-0.15, -0.1) is 10.2 Å². The van der Waals surface area contributed by atoms with Crippen molar-refractivity contribution in [2.45, 2.75) is 58.0 Å². The zero-order valence-corrected chi connectivity index (χ0v) is 17.7. The van der Waals surface area contributed by atoms with Crippen LogP contribution in [-0.4, -0.2) is 46.8 Å². The summed E-state index contributed by atoms with van der Waals surface area (Å²) in [5.41, 5.74) is 1.68. The fourth-order valence-electron chi connectivity index (χ4n) is 4.26. The van der Waals surface area contributed by atoms with Gasteiger partial charge in [-0.2, -0.15) is 0 Å². The number of hydrogen-bond acceptors (Lipinski definition) is 5. The number of amides is 1. The number of fused-ring (bicyclic) bond motifs is 1. The van der Waals surface area contributed by atoms with E-state index < -0.39 is 10.0 Å². The van der Waals surface area contributed by atoms with Crippen molar-refractivity contribution in [2.75, 3.05) is 17.5 Å². The molecule has 0 saturated carbocycles. The molecule has 1 fully saturated rings. The molecule has 0 spiro atoms. The molecule has 0 aliphatic carbocycles. The molecule has 2 aromatic rings. The monoisotopic (exact) mass is 417 g/mol. The molecule has 1 aromatic heterocycles. The number of sulfonamides is 1. The summed E-state index contributed by atoms with van der Waals surface area (Å²) in [4.78, 5) is 15.2. The van der Waals surface area contributed by atoms with Gasteiger partial charge in [0.1, 0.15) is 5.82 Å². The van der Waals surface area contributed by atoms with E-state index in [2.05, 4.69) is 19.5 Å². The van der Waals surface area contributed by atoms with E-state index in [1.165, 1.54) is 6.42 Å². The van der Waals surface area contributed by atoms with Crippen LogP contribution in [-0.2, 0) is 23.0 Å². The maximum Gasteiger partial charge on any atom is 0.254 e. The molecular weight excluding hydrogens is 390 g/mol. The van der Waals surface area contributed by atoms with Gasteiger partial charge in [0.2, 0.25) is 10.0 Å². The normalized spacial score (nSPS) is 19.7. The zero-order chi connectivity index (χ0) is 20.6. The maximum atomic E-state index is 13.3. The van der Waals surface area contributed by atoms with Gasteiger partial charge in [0.15, 0.2) is 5.82 Å². The summed E-state index contributed by atoms with van der Waals surface area (Å²) in [5, 5.41) is 8.85. The lowest BCUT2D eigenvalue weighted by Crippen LogP contribution is -2.32. The van der Waals surface area contributed by atoms with Crippen molar-refractivity contribution in [2.24, 2.45) is 0 Å². The van der Waals surface area contributed by atoms with Gasteiger partial charge in [-0.3, -0.25) is 9.52 Å². The van der Waals surface area contributed by atoms with E-state index in [0.717, 1.165) is 62.1 Å². The summed E-state index contributed by atoms with van der Waals surface area (Å²) in [6.45, 7) is 3.38. The third kappa shape index (κ3) is 4.14. The van der Waals surface area contributed by atoms with Crippen molar-refractivity contribution in [3.63, 3.8) is 0 Å². The van der Waals surface area contributed by atoms with Crippen molar-refractivity contribution in [1.29, 1.82) is 0 Å². The van der Waals surface area contributed by atoms with Crippen LogP contribution < -0.4 is 4.72 Å². The number of rotatable bonds is 4. The summed E-state index contributed by atoms with van der Waals surface area (Å²) in [7, 11) is -3.42. The van der Waals surface area contributed by atoms with Gasteiger partial charge in [-0.05, 0) is 50.3 Å². The van der Waals surface area contributed by atoms with Crippen molar-refractivity contribution in [3.8, 4) is 0 Å². The number of hydrogen-bond donors (Lipinski definition) is 1. The standard InChI is InChI=1S/C20H27N5O3S/c1-14-9-10-15(13-16(14)23-29(2,27)28)20(26)24-12-6-7-17(24)19-22-21-18-8-4-3-5-11-25(18)19/h9-10,13,17,23H,3-8,11-12H2,1-2H3. The molecule has 1 amide bonds. The van der Waals surface area contributed by atoms with Crippen LogP contribution in [0.15, 0.2) is 18.2 Å². The van der Waals surface area contributed by atoms with Crippen LogP contribution in [0, 0.1) is 6.92 Å². The second-order valence-corrected chi connectivity index (χ2v) is 9.75. The number of aromatic nitrogens is 3. The minimum absolute atomic E-state index is 0.0885. The Morgan fingerprint density at radius 2 is 1.97 bits per heavy atom. The van der Waals surface area contributed by atoms with Crippen LogP contribution in [0.4, 0.5) is 5.69 Å². The van der Waals surface area contributed by atoms with E-state index >= 15 is 0 Å². The number of likely N-dealkylation sites (tertiary alicyclic amines) is 1. The van der Waals surface area contributed by atoms with Crippen molar-refractivity contribution in [1.82, 2.24) is 19.7 Å². The molecule has 2 aliphatic heterocycles. The van der Waals surface area contributed by atoms with Crippen LogP contribution in [0.2, 0.25) is 0 Å². The highest BCUT2D eigenvalue weighted by molar-refractivity contribution is 7.92. The smallest absolute Gasteiger partial charge is 0.254 e. The van der Waals surface area contributed by atoms with E-state index in [1.807, 2.05) is 11.8 Å². The third-order valence-corrected chi connectivity index (χ3v) is 6.32. The number of benzene rings is 1. The first-order valence-corrected chi connectivity index (χ1v) is 12.0. The Bertz CT molecular complexity index is 1030. The largest absolute Gasteiger partial charge is 0.328 e. The van der Waals surface area contributed by atoms with Crippen LogP contribution >= 0.6 is 0 Å². The summed E-state index contributed by atoms with van der Waals surface area (Å²) < 4.78 is 28.0. The molecule has 1 unspecified atom stereocenters. The van der Waals surface area contributed by atoms with E-state index in [-0.39, 0.29) is 11.9 Å². The van der Waals surface area contributed by atoms with Gasteiger partial charge in [-0.25, -0.2) is 8.42 Å². The summed E-state index contributed by atoms with van der Waals surface area (Å²) in [5.74, 6) is 1.80. The summed E-state index contributed by atoms with van der Waals surface area (Å²) >= 11 is 0. The molecule has 4 rings (SSSR count). The minimum Gasteiger partial charge on any atom is -0.328 e. The summed E-state index contributed by atoms with van der Waals surface area (Å²) in [6.07, 6.45) is 7.25. The lowest BCUT2D eigenvalue weighted by molar-refractivity contribution is 0.0727. The van der Waals surface area contributed by atoms with Gasteiger partial charge < -0.3 is 9.47 Å². The molecule has 1 N–H and O–H groups in total. The molecular formula is C20H27N5O3S. The van der Waals surface area contributed by atoms with E-state index in [1.54, 1.807) is 18.2 Å². The Kier molecular flexibility index (Phi) is 5.33. The van der Waals surface area contributed by atoms with Crippen molar-refractivity contribution < 1.29 is 13.2 Å². The van der Waals surface area contributed by atoms with Crippen molar-refractivity contribution in [3.05, 3.63) is 41.0 Å².